The SMILES string of the molecule is Cc1nc(N2CCOCC2)sc1CNC1CC1. The molecule has 1 saturated carbocycles. The van der Waals surface area contributed by atoms with Gasteiger partial charge in [0.1, 0.15) is 0 Å². The van der Waals surface area contributed by atoms with Crippen LogP contribution in [0.1, 0.15) is 23.4 Å². The van der Waals surface area contributed by atoms with E-state index < -0.39 is 0 Å². The normalized spacial score (nSPS) is 20.9. The molecular formula is C12H19N3OS. The molecule has 1 aromatic heterocycles. The first-order valence-corrected chi connectivity index (χ1v) is 7.17. The summed E-state index contributed by atoms with van der Waals surface area (Å²) in [5.74, 6) is 0. The van der Waals surface area contributed by atoms with E-state index in [1.165, 1.54) is 28.5 Å². The second-order valence-electron chi connectivity index (χ2n) is 4.76. The average Bonchev–Trinajstić information content (AvgIpc) is 3.12. The molecule has 0 unspecified atom stereocenters. The lowest BCUT2D eigenvalue weighted by Gasteiger charge is -2.26. The molecule has 1 N–H and O–H groups in total. The van der Waals surface area contributed by atoms with Crippen molar-refractivity contribution in [2.24, 2.45) is 0 Å². The lowest BCUT2D eigenvalue weighted by Crippen LogP contribution is -2.36. The third-order valence-electron chi connectivity index (χ3n) is 3.29. The predicted octanol–water partition coefficient (Wildman–Crippen LogP) is 1.54. The van der Waals surface area contributed by atoms with Crippen molar-refractivity contribution in [2.45, 2.75) is 32.4 Å². The van der Waals surface area contributed by atoms with E-state index >= 15 is 0 Å². The summed E-state index contributed by atoms with van der Waals surface area (Å²) in [6.45, 7) is 6.70. The summed E-state index contributed by atoms with van der Waals surface area (Å²) in [6, 6.07) is 0.767. The first-order valence-electron chi connectivity index (χ1n) is 6.35. The fraction of sp³-hybridized carbons (Fsp3) is 0.750. The number of hydrogen-bond acceptors (Lipinski definition) is 5. The van der Waals surface area contributed by atoms with Crippen LogP contribution in [0.3, 0.4) is 0 Å². The second-order valence-corrected chi connectivity index (χ2v) is 5.82. The van der Waals surface area contributed by atoms with Gasteiger partial charge in [-0.1, -0.05) is 0 Å². The Bertz CT molecular complexity index is 383. The lowest BCUT2D eigenvalue weighted by atomic mass is 10.4. The molecule has 1 aromatic rings. The Kier molecular flexibility index (Phi) is 3.31. The molecule has 1 saturated heterocycles. The number of hydrogen-bond donors (Lipinski definition) is 1. The molecule has 1 aliphatic carbocycles. The van der Waals surface area contributed by atoms with Gasteiger partial charge in [0, 0.05) is 30.6 Å². The first-order chi connectivity index (χ1) is 8.33. The summed E-state index contributed by atoms with van der Waals surface area (Å²) in [6.07, 6.45) is 2.68. The highest BCUT2D eigenvalue weighted by Gasteiger charge is 2.22. The van der Waals surface area contributed by atoms with Crippen molar-refractivity contribution in [3.8, 4) is 0 Å². The quantitative estimate of drug-likeness (QED) is 0.883. The number of rotatable bonds is 4. The maximum absolute atomic E-state index is 5.37. The fourth-order valence-corrected chi connectivity index (χ4v) is 3.05. The van der Waals surface area contributed by atoms with Crippen molar-refractivity contribution in [3.05, 3.63) is 10.6 Å². The Morgan fingerprint density at radius 2 is 2.18 bits per heavy atom. The summed E-state index contributed by atoms with van der Waals surface area (Å²) < 4.78 is 5.37. The predicted molar refractivity (Wildman–Crippen MR) is 69.7 cm³/mol. The number of morpholine rings is 1. The highest BCUT2D eigenvalue weighted by Crippen LogP contribution is 2.27. The van der Waals surface area contributed by atoms with Crippen LogP contribution in [0.15, 0.2) is 0 Å². The van der Waals surface area contributed by atoms with Gasteiger partial charge in [-0.25, -0.2) is 4.98 Å². The van der Waals surface area contributed by atoms with Gasteiger partial charge in [0.05, 0.1) is 18.9 Å². The van der Waals surface area contributed by atoms with E-state index in [1.54, 1.807) is 0 Å². The van der Waals surface area contributed by atoms with Crippen LogP contribution in [-0.2, 0) is 11.3 Å². The van der Waals surface area contributed by atoms with Gasteiger partial charge in [0.25, 0.3) is 0 Å². The molecule has 3 rings (SSSR count). The Hall–Kier alpha value is -0.650. The molecule has 94 valence electrons. The summed E-state index contributed by atoms with van der Waals surface area (Å²) in [5, 5.41) is 4.72. The molecule has 5 heteroatoms. The Morgan fingerprint density at radius 3 is 2.88 bits per heavy atom. The molecule has 0 aromatic carbocycles. The largest absolute Gasteiger partial charge is 0.378 e. The molecule has 0 atom stereocenters. The van der Waals surface area contributed by atoms with Crippen molar-refractivity contribution in [1.29, 1.82) is 0 Å². The molecule has 2 aliphatic rings. The minimum Gasteiger partial charge on any atom is -0.378 e. The van der Waals surface area contributed by atoms with Gasteiger partial charge in [0.2, 0.25) is 0 Å². The van der Waals surface area contributed by atoms with E-state index in [0.29, 0.717) is 0 Å². The molecule has 17 heavy (non-hydrogen) atoms. The van der Waals surface area contributed by atoms with E-state index in [-0.39, 0.29) is 0 Å². The second kappa shape index (κ2) is 4.92. The van der Waals surface area contributed by atoms with E-state index in [4.69, 9.17) is 4.74 Å². The van der Waals surface area contributed by atoms with E-state index in [2.05, 4.69) is 22.1 Å². The molecule has 2 heterocycles. The van der Waals surface area contributed by atoms with Crippen molar-refractivity contribution < 1.29 is 4.74 Å². The summed E-state index contributed by atoms with van der Waals surface area (Å²) in [4.78, 5) is 8.40. The highest BCUT2D eigenvalue weighted by molar-refractivity contribution is 7.15. The number of aromatic nitrogens is 1. The molecule has 0 spiro atoms. The monoisotopic (exact) mass is 253 g/mol. The third kappa shape index (κ3) is 2.78. The zero-order valence-electron chi connectivity index (χ0n) is 10.2. The summed E-state index contributed by atoms with van der Waals surface area (Å²) in [7, 11) is 0. The third-order valence-corrected chi connectivity index (χ3v) is 4.51. The molecule has 1 aliphatic heterocycles. The summed E-state index contributed by atoms with van der Waals surface area (Å²) >= 11 is 1.83. The van der Waals surface area contributed by atoms with Gasteiger partial charge < -0.3 is 15.0 Å². The average molecular weight is 253 g/mol. The maximum atomic E-state index is 5.37. The van der Waals surface area contributed by atoms with Crippen LogP contribution >= 0.6 is 11.3 Å². The van der Waals surface area contributed by atoms with Gasteiger partial charge in [-0.3, -0.25) is 0 Å². The highest BCUT2D eigenvalue weighted by atomic mass is 32.1. The molecular weight excluding hydrogens is 234 g/mol. The van der Waals surface area contributed by atoms with Crippen LogP contribution in [0.2, 0.25) is 0 Å². The van der Waals surface area contributed by atoms with Crippen molar-refractivity contribution in [1.82, 2.24) is 10.3 Å². The Morgan fingerprint density at radius 1 is 1.41 bits per heavy atom. The number of nitrogens with one attached hydrogen (secondary N) is 1. The molecule has 2 fully saturated rings. The molecule has 0 radical (unpaired) electrons. The van der Waals surface area contributed by atoms with E-state index in [1.807, 2.05) is 11.3 Å². The van der Waals surface area contributed by atoms with Crippen molar-refractivity contribution in [3.63, 3.8) is 0 Å². The van der Waals surface area contributed by atoms with Gasteiger partial charge in [-0.15, -0.1) is 11.3 Å². The van der Waals surface area contributed by atoms with Gasteiger partial charge >= 0.3 is 0 Å². The zero-order valence-corrected chi connectivity index (χ0v) is 11.1. The number of aryl methyl sites for hydroxylation is 1. The minimum absolute atomic E-state index is 0.767. The van der Waals surface area contributed by atoms with Gasteiger partial charge in [0.15, 0.2) is 5.13 Å². The van der Waals surface area contributed by atoms with E-state index in [0.717, 1.165) is 38.9 Å². The molecule has 0 bridgehead atoms. The number of nitrogens with zero attached hydrogens (tertiary/aromatic N) is 2. The standard InChI is InChI=1S/C12H19N3OS/c1-9-11(8-13-10-2-3-10)17-12(14-9)15-4-6-16-7-5-15/h10,13H,2-8H2,1H3. The van der Waals surface area contributed by atoms with Crippen LogP contribution in [0.5, 0.6) is 0 Å². The number of ether oxygens (including phenoxy) is 1. The zero-order chi connectivity index (χ0) is 11.7. The minimum atomic E-state index is 0.767. The first kappa shape index (κ1) is 11.4. The van der Waals surface area contributed by atoms with Crippen LogP contribution in [-0.4, -0.2) is 37.3 Å². The maximum Gasteiger partial charge on any atom is 0.185 e. The van der Waals surface area contributed by atoms with Crippen LogP contribution in [0.4, 0.5) is 5.13 Å². The van der Waals surface area contributed by atoms with Crippen molar-refractivity contribution in [2.75, 3.05) is 31.2 Å². The van der Waals surface area contributed by atoms with Crippen LogP contribution in [0, 0.1) is 6.92 Å². The number of thiazole rings is 1. The van der Waals surface area contributed by atoms with Gasteiger partial charge in [-0.05, 0) is 19.8 Å². The summed E-state index contributed by atoms with van der Waals surface area (Å²) in [5.41, 5.74) is 1.18. The topological polar surface area (TPSA) is 37.4 Å². The smallest absolute Gasteiger partial charge is 0.185 e. The van der Waals surface area contributed by atoms with Crippen LogP contribution < -0.4 is 10.2 Å². The fourth-order valence-electron chi connectivity index (χ4n) is 1.99. The Balaban J connectivity index is 1.65. The van der Waals surface area contributed by atoms with Gasteiger partial charge in [-0.2, -0.15) is 0 Å². The molecule has 4 nitrogen and oxygen atoms in total. The molecule has 0 amide bonds. The number of anilines is 1. The van der Waals surface area contributed by atoms with Crippen LogP contribution in [0.25, 0.3) is 0 Å². The lowest BCUT2D eigenvalue weighted by molar-refractivity contribution is 0.122. The van der Waals surface area contributed by atoms with E-state index in [9.17, 15) is 0 Å². The van der Waals surface area contributed by atoms with Crippen molar-refractivity contribution >= 4 is 16.5 Å². The Labute approximate surface area is 106 Å².